The molecule has 14 heavy (non-hydrogen) atoms. The normalized spacial score (nSPS) is 27.7. The third kappa shape index (κ3) is 3.73. The van der Waals surface area contributed by atoms with E-state index >= 15 is 0 Å². The Hall–Kier alpha value is -0.460. The van der Waals surface area contributed by atoms with Gasteiger partial charge in [-0.2, -0.15) is 0 Å². The van der Waals surface area contributed by atoms with Crippen molar-refractivity contribution in [3.05, 3.63) is 12.3 Å². The van der Waals surface area contributed by atoms with Gasteiger partial charge >= 0.3 is 0 Å². The van der Waals surface area contributed by atoms with Crippen molar-refractivity contribution in [2.24, 2.45) is 11.3 Å². The van der Waals surface area contributed by atoms with Gasteiger partial charge in [0.25, 0.3) is 0 Å². The van der Waals surface area contributed by atoms with Gasteiger partial charge in [-0.15, -0.1) is 0 Å². The monoisotopic (exact) mass is 195 g/mol. The van der Waals surface area contributed by atoms with Gasteiger partial charge in [-0.25, -0.2) is 0 Å². The molecule has 1 nitrogen and oxygen atoms in total. The van der Waals surface area contributed by atoms with Crippen LogP contribution in [0.25, 0.3) is 0 Å². The van der Waals surface area contributed by atoms with Gasteiger partial charge in [0, 0.05) is 11.7 Å². The first-order valence-corrected chi connectivity index (χ1v) is 5.80. The second kappa shape index (κ2) is 4.37. The summed E-state index contributed by atoms with van der Waals surface area (Å²) in [6.07, 6.45) is 5.43. The summed E-state index contributed by atoms with van der Waals surface area (Å²) in [7, 11) is 0. The predicted octanol–water partition coefficient (Wildman–Crippen LogP) is 3.71. The van der Waals surface area contributed by atoms with Gasteiger partial charge in [0.2, 0.25) is 0 Å². The van der Waals surface area contributed by atoms with Crippen molar-refractivity contribution in [2.45, 2.75) is 59.4 Å². The molecule has 1 aliphatic carbocycles. The lowest BCUT2D eigenvalue weighted by Gasteiger charge is -2.28. The average Bonchev–Trinajstić information content (AvgIpc) is 2.32. The molecule has 1 aliphatic rings. The van der Waals surface area contributed by atoms with Crippen molar-refractivity contribution in [1.82, 2.24) is 5.32 Å². The maximum absolute atomic E-state index is 3.94. The summed E-state index contributed by atoms with van der Waals surface area (Å²) in [5.41, 5.74) is 1.58. The first kappa shape index (κ1) is 11.6. The molecule has 0 aliphatic heterocycles. The molecule has 0 heterocycles. The van der Waals surface area contributed by atoms with E-state index in [1.54, 1.807) is 0 Å². The van der Waals surface area contributed by atoms with Crippen molar-refractivity contribution in [3.8, 4) is 0 Å². The fourth-order valence-electron chi connectivity index (χ4n) is 2.57. The minimum atomic E-state index is 0.462. The summed E-state index contributed by atoms with van der Waals surface area (Å²) in [6.45, 7) is 13.0. The Morgan fingerprint density at radius 1 is 1.36 bits per heavy atom. The molecule has 1 saturated carbocycles. The van der Waals surface area contributed by atoms with E-state index in [0.717, 1.165) is 11.6 Å². The fraction of sp³-hybridized carbons (Fsp3) is 0.846. The standard InChI is InChI=1S/C13H25N/c1-10(2)14-12-8-6-7-11(12)9-13(3,4)5/h11-12,14H,1,6-9H2,2-5H3. The predicted molar refractivity (Wildman–Crippen MR) is 63.2 cm³/mol. The van der Waals surface area contributed by atoms with Crippen LogP contribution in [0.3, 0.4) is 0 Å². The minimum Gasteiger partial charge on any atom is -0.386 e. The number of allylic oxidation sites excluding steroid dienone is 1. The van der Waals surface area contributed by atoms with Crippen molar-refractivity contribution < 1.29 is 0 Å². The second-order valence-electron chi connectivity index (χ2n) is 5.99. The summed E-state index contributed by atoms with van der Waals surface area (Å²) in [5.74, 6) is 0.853. The molecule has 0 aromatic rings. The molecular weight excluding hydrogens is 170 g/mol. The highest BCUT2D eigenvalue weighted by molar-refractivity contribution is 4.94. The number of hydrogen-bond acceptors (Lipinski definition) is 1. The summed E-state index contributed by atoms with van der Waals surface area (Å²) in [6, 6.07) is 0.687. The molecule has 0 spiro atoms. The zero-order chi connectivity index (χ0) is 10.8. The molecule has 0 aromatic carbocycles. The fourth-order valence-corrected chi connectivity index (χ4v) is 2.57. The zero-order valence-electron chi connectivity index (χ0n) is 10.2. The highest BCUT2D eigenvalue weighted by atomic mass is 14.9. The Labute approximate surface area is 89.0 Å². The molecule has 0 amide bonds. The average molecular weight is 195 g/mol. The maximum atomic E-state index is 3.94. The summed E-state index contributed by atoms with van der Waals surface area (Å²) in [5, 5.41) is 3.52. The molecular formula is C13H25N. The Kier molecular flexibility index (Phi) is 3.63. The maximum Gasteiger partial charge on any atom is 0.0286 e. The van der Waals surface area contributed by atoms with Crippen molar-refractivity contribution in [2.75, 3.05) is 0 Å². The smallest absolute Gasteiger partial charge is 0.0286 e. The van der Waals surface area contributed by atoms with E-state index in [-0.39, 0.29) is 0 Å². The highest BCUT2D eigenvalue weighted by Crippen LogP contribution is 2.35. The molecule has 2 unspecified atom stereocenters. The van der Waals surface area contributed by atoms with Gasteiger partial charge in [-0.05, 0) is 37.5 Å². The van der Waals surface area contributed by atoms with E-state index in [0.29, 0.717) is 11.5 Å². The van der Waals surface area contributed by atoms with E-state index in [1.807, 2.05) is 0 Å². The largest absolute Gasteiger partial charge is 0.386 e. The SMILES string of the molecule is C=C(C)NC1CCCC1CC(C)(C)C. The Morgan fingerprint density at radius 3 is 2.50 bits per heavy atom. The third-order valence-corrected chi connectivity index (χ3v) is 2.97. The first-order chi connectivity index (χ1) is 6.38. The summed E-state index contributed by atoms with van der Waals surface area (Å²) < 4.78 is 0. The van der Waals surface area contributed by atoms with Crippen LogP contribution < -0.4 is 5.32 Å². The number of nitrogens with one attached hydrogen (secondary N) is 1. The molecule has 0 saturated heterocycles. The van der Waals surface area contributed by atoms with Gasteiger partial charge in [0.15, 0.2) is 0 Å². The van der Waals surface area contributed by atoms with Crippen molar-refractivity contribution in [3.63, 3.8) is 0 Å². The van der Waals surface area contributed by atoms with Crippen LogP contribution in [0.2, 0.25) is 0 Å². The molecule has 1 rings (SSSR count). The van der Waals surface area contributed by atoms with Gasteiger partial charge in [-0.1, -0.05) is 33.8 Å². The van der Waals surface area contributed by atoms with Crippen LogP contribution in [0.5, 0.6) is 0 Å². The first-order valence-electron chi connectivity index (χ1n) is 5.80. The van der Waals surface area contributed by atoms with Crippen LogP contribution in [-0.4, -0.2) is 6.04 Å². The van der Waals surface area contributed by atoms with Crippen molar-refractivity contribution >= 4 is 0 Å². The zero-order valence-corrected chi connectivity index (χ0v) is 10.2. The molecule has 0 radical (unpaired) electrons. The highest BCUT2D eigenvalue weighted by Gasteiger charge is 2.30. The van der Waals surface area contributed by atoms with Crippen LogP contribution >= 0.6 is 0 Å². The Balaban J connectivity index is 2.47. The molecule has 1 N–H and O–H groups in total. The van der Waals surface area contributed by atoms with Crippen LogP contribution in [0.15, 0.2) is 12.3 Å². The van der Waals surface area contributed by atoms with Gasteiger partial charge in [0.1, 0.15) is 0 Å². The third-order valence-electron chi connectivity index (χ3n) is 2.97. The lowest BCUT2D eigenvalue weighted by molar-refractivity contribution is 0.267. The van der Waals surface area contributed by atoms with Crippen LogP contribution in [0, 0.1) is 11.3 Å². The molecule has 1 fully saturated rings. The quantitative estimate of drug-likeness (QED) is 0.724. The van der Waals surface area contributed by atoms with E-state index in [9.17, 15) is 0 Å². The second-order valence-corrected chi connectivity index (χ2v) is 5.99. The lowest BCUT2D eigenvalue weighted by Crippen LogP contribution is -2.32. The molecule has 2 atom stereocenters. The number of hydrogen-bond donors (Lipinski definition) is 1. The van der Waals surface area contributed by atoms with Crippen molar-refractivity contribution in [1.29, 1.82) is 0 Å². The molecule has 0 aromatic heterocycles. The minimum absolute atomic E-state index is 0.462. The topological polar surface area (TPSA) is 12.0 Å². The molecule has 0 bridgehead atoms. The van der Waals surface area contributed by atoms with E-state index < -0.39 is 0 Å². The molecule has 1 heteroatoms. The summed E-state index contributed by atoms with van der Waals surface area (Å²) >= 11 is 0. The molecule has 82 valence electrons. The van der Waals surface area contributed by atoms with E-state index in [1.165, 1.54) is 25.7 Å². The summed E-state index contributed by atoms with van der Waals surface area (Å²) in [4.78, 5) is 0. The lowest BCUT2D eigenvalue weighted by atomic mass is 9.82. The number of rotatable bonds is 3. The van der Waals surface area contributed by atoms with Gasteiger partial charge in [0.05, 0.1) is 0 Å². The Bertz CT molecular complexity index is 200. The van der Waals surface area contributed by atoms with Gasteiger partial charge in [-0.3, -0.25) is 0 Å². The van der Waals surface area contributed by atoms with Gasteiger partial charge < -0.3 is 5.32 Å². The van der Waals surface area contributed by atoms with E-state index in [4.69, 9.17) is 0 Å². The van der Waals surface area contributed by atoms with E-state index in [2.05, 4.69) is 39.6 Å². The Morgan fingerprint density at radius 2 is 2.00 bits per heavy atom. The van der Waals surface area contributed by atoms with Crippen LogP contribution in [0.4, 0.5) is 0 Å². The van der Waals surface area contributed by atoms with Crippen LogP contribution in [0.1, 0.15) is 53.4 Å². The van der Waals surface area contributed by atoms with Crippen LogP contribution in [-0.2, 0) is 0 Å².